The molecule has 4 rings (SSSR count). The van der Waals surface area contributed by atoms with Gasteiger partial charge in [0.2, 0.25) is 0 Å². The highest BCUT2D eigenvalue weighted by atomic mass is 35.5. The molecule has 1 aromatic carbocycles. The Balaban J connectivity index is 1.45. The number of hydrogen-bond acceptors (Lipinski definition) is 4. The number of carbonyl (C=O) groups excluding carboxylic acids is 2. The van der Waals surface area contributed by atoms with E-state index in [1.54, 1.807) is 18.2 Å². The number of benzene rings is 1. The number of rotatable bonds is 4. The van der Waals surface area contributed by atoms with Crippen molar-refractivity contribution in [1.82, 2.24) is 15.2 Å². The zero-order valence-electron chi connectivity index (χ0n) is 14.8. The maximum Gasteiger partial charge on any atom is 0.296 e. The number of hydrogen-bond donors (Lipinski definition) is 2. The lowest BCUT2D eigenvalue weighted by Crippen LogP contribution is -2.36. The summed E-state index contributed by atoms with van der Waals surface area (Å²) in [4.78, 5) is 30.3. The first-order chi connectivity index (χ1) is 13.1. The fourth-order valence-electron chi connectivity index (χ4n) is 3.47. The predicted octanol–water partition coefficient (Wildman–Crippen LogP) is 3.01. The van der Waals surface area contributed by atoms with Crippen LogP contribution in [0.2, 0.25) is 5.02 Å². The molecule has 1 aliphatic heterocycles. The molecule has 0 bridgehead atoms. The Morgan fingerprint density at radius 3 is 2.70 bits per heavy atom. The summed E-state index contributed by atoms with van der Waals surface area (Å²) in [6.07, 6.45) is 6.96. The second-order valence-corrected chi connectivity index (χ2v) is 7.00. The topological polar surface area (TPSA) is 74.4 Å². The van der Waals surface area contributed by atoms with Gasteiger partial charge in [-0.05, 0) is 31.1 Å². The average Bonchev–Trinajstić information content (AvgIpc) is 3.14. The number of nitrogens with zero attached hydrogens (tertiary/aromatic N) is 1. The summed E-state index contributed by atoms with van der Waals surface area (Å²) in [6, 6.07) is 5.27. The van der Waals surface area contributed by atoms with Crippen molar-refractivity contribution < 1.29 is 14.3 Å². The SMILES string of the molecule is O=C(NC1=CC=C(N2CCOCC2)CC1)C(=O)c1c[nH]c2c(Cl)cccc12. The molecular weight excluding hydrogens is 366 g/mol. The molecule has 1 amide bonds. The molecule has 1 saturated heterocycles. The fourth-order valence-corrected chi connectivity index (χ4v) is 3.70. The second-order valence-electron chi connectivity index (χ2n) is 6.60. The van der Waals surface area contributed by atoms with E-state index in [0.717, 1.165) is 38.4 Å². The molecule has 0 unspecified atom stereocenters. The van der Waals surface area contributed by atoms with Gasteiger partial charge >= 0.3 is 0 Å². The quantitative estimate of drug-likeness (QED) is 0.626. The van der Waals surface area contributed by atoms with E-state index in [1.807, 2.05) is 12.2 Å². The van der Waals surface area contributed by atoms with Crippen molar-refractivity contribution >= 4 is 34.2 Å². The Kier molecular flexibility index (Phi) is 5.01. The van der Waals surface area contributed by atoms with Gasteiger partial charge in [0.05, 0.1) is 29.3 Å². The lowest BCUT2D eigenvalue weighted by atomic mass is 10.1. The van der Waals surface area contributed by atoms with E-state index >= 15 is 0 Å². The van der Waals surface area contributed by atoms with Crippen LogP contribution < -0.4 is 5.32 Å². The monoisotopic (exact) mass is 385 g/mol. The molecule has 7 heteroatoms. The molecule has 2 aliphatic rings. The minimum absolute atomic E-state index is 0.325. The molecule has 0 spiro atoms. The molecule has 1 aliphatic carbocycles. The van der Waals surface area contributed by atoms with Gasteiger partial charge in [0.1, 0.15) is 0 Å². The van der Waals surface area contributed by atoms with Crippen LogP contribution in [-0.4, -0.2) is 47.9 Å². The molecule has 0 saturated carbocycles. The van der Waals surface area contributed by atoms with Gasteiger partial charge in [-0.1, -0.05) is 23.7 Å². The normalized spacial score (nSPS) is 17.4. The number of para-hydroxylation sites is 1. The number of nitrogens with one attached hydrogen (secondary N) is 2. The smallest absolute Gasteiger partial charge is 0.296 e. The van der Waals surface area contributed by atoms with Crippen molar-refractivity contribution in [1.29, 1.82) is 0 Å². The number of halogens is 1. The largest absolute Gasteiger partial charge is 0.378 e. The van der Waals surface area contributed by atoms with Gasteiger partial charge in [0.15, 0.2) is 0 Å². The number of amides is 1. The zero-order valence-corrected chi connectivity index (χ0v) is 15.5. The highest BCUT2D eigenvalue weighted by Crippen LogP contribution is 2.26. The van der Waals surface area contributed by atoms with E-state index in [1.165, 1.54) is 11.9 Å². The van der Waals surface area contributed by atoms with Gasteiger partial charge < -0.3 is 19.9 Å². The Bertz CT molecular complexity index is 955. The summed E-state index contributed by atoms with van der Waals surface area (Å²) < 4.78 is 5.37. The van der Waals surface area contributed by atoms with E-state index in [4.69, 9.17) is 16.3 Å². The van der Waals surface area contributed by atoms with Crippen molar-refractivity contribution in [3.8, 4) is 0 Å². The number of allylic oxidation sites excluding steroid dienone is 4. The summed E-state index contributed by atoms with van der Waals surface area (Å²) in [6.45, 7) is 3.27. The van der Waals surface area contributed by atoms with Crippen LogP contribution in [0.4, 0.5) is 0 Å². The number of aromatic amines is 1. The highest BCUT2D eigenvalue weighted by molar-refractivity contribution is 6.46. The van der Waals surface area contributed by atoms with Crippen LogP contribution in [0, 0.1) is 0 Å². The molecule has 27 heavy (non-hydrogen) atoms. The van der Waals surface area contributed by atoms with E-state index < -0.39 is 11.7 Å². The highest BCUT2D eigenvalue weighted by Gasteiger charge is 2.22. The first-order valence-electron chi connectivity index (χ1n) is 8.97. The summed E-state index contributed by atoms with van der Waals surface area (Å²) in [7, 11) is 0. The van der Waals surface area contributed by atoms with Gasteiger partial charge in [0, 0.05) is 36.1 Å². The molecule has 6 nitrogen and oxygen atoms in total. The first-order valence-corrected chi connectivity index (χ1v) is 9.35. The maximum atomic E-state index is 12.6. The number of carbonyl (C=O) groups is 2. The van der Waals surface area contributed by atoms with Gasteiger partial charge in [-0.2, -0.15) is 0 Å². The molecule has 2 heterocycles. The maximum absolute atomic E-state index is 12.6. The van der Waals surface area contributed by atoms with E-state index in [9.17, 15) is 9.59 Å². The lowest BCUT2D eigenvalue weighted by Gasteiger charge is -2.32. The van der Waals surface area contributed by atoms with Crippen molar-refractivity contribution in [3.05, 3.63) is 58.5 Å². The summed E-state index contributed by atoms with van der Waals surface area (Å²) in [5.41, 5.74) is 2.98. The lowest BCUT2D eigenvalue weighted by molar-refractivity contribution is -0.116. The molecule has 2 aromatic rings. The van der Waals surface area contributed by atoms with Crippen LogP contribution in [0.15, 0.2) is 47.9 Å². The number of aromatic nitrogens is 1. The van der Waals surface area contributed by atoms with Gasteiger partial charge in [-0.25, -0.2) is 0 Å². The van der Waals surface area contributed by atoms with Crippen LogP contribution in [0.5, 0.6) is 0 Å². The van der Waals surface area contributed by atoms with Crippen molar-refractivity contribution in [2.45, 2.75) is 12.8 Å². The fraction of sp³-hybridized carbons (Fsp3) is 0.300. The van der Waals surface area contributed by atoms with Crippen molar-refractivity contribution in [2.75, 3.05) is 26.3 Å². The zero-order chi connectivity index (χ0) is 18.8. The van der Waals surface area contributed by atoms with Gasteiger partial charge in [-0.3, -0.25) is 9.59 Å². The van der Waals surface area contributed by atoms with Crippen LogP contribution in [0.1, 0.15) is 23.2 Å². The molecule has 140 valence electrons. The minimum Gasteiger partial charge on any atom is -0.378 e. The number of Topliss-reactive ketones (excluding diaryl/α,β-unsaturated/α-hetero) is 1. The Labute approximate surface area is 161 Å². The molecule has 0 radical (unpaired) electrons. The molecule has 1 aromatic heterocycles. The average molecular weight is 386 g/mol. The number of morpholine rings is 1. The molecule has 1 fully saturated rings. The van der Waals surface area contributed by atoms with Gasteiger partial charge in [-0.15, -0.1) is 0 Å². The molecule has 0 atom stereocenters. The van der Waals surface area contributed by atoms with E-state index in [0.29, 0.717) is 27.9 Å². The summed E-state index contributed by atoms with van der Waals surface area (Å²) >= 11 is 6.12. The molecule has 2 N–H and O–H groups in total. The minimum atomic E-state index is -0.634. The third-order valence-electron chi connectivity index (χ3n) is 4.93. The summed E-state index contributed by atoms with van der Waals surface area (Å²) in [5.74, 6) is -1.21. The first kappa shape index (κ1) is 17.8. The van der Waals surface area contributed by atoms with E-state index in [2.05, 4.69) is 15.2 Å². The van der Waals surface area contributed by atoms with Crippen molar-refractivity contribution in [3.63, 3.8) is 0 Å². The number of H-pyrrole nitrogens is 1. The van der Waals surface area contributed by atoms with Crippen LogP contribution in [0.3, 0.4) is 0 Å². The third-order valence-corrected chi connectivity index (χ3v) is 5.25. The Hall–Kier alpha value is -2.57. The summed E-state index contributed by atoms with van der Waals surface area (Å²) in [5, 5.41) is 3.91. The number of ketones is 1. The standard InChI is InChI=1S/C20H20ClN3O3/c21-17-3-1-2-15-16(12-22-18(15)17)19(25)20(26)23-13-4-6-14(7-5-13)24-8-10-27-11-9-24/h1-4,6,12,22H,5,7-11H2,(H,23,26). The Morgan fingerprint density at radius 2 is 1.96 bits per heavy atom. The van der Waals surface area contributed by atoms with E-state index in [-0.39, 0.29) is 0 Å². The van der Waals surface area contributed by atoms with Crippen LogP contribution in [0.25, 0.3) is 10.9 Å². The number of ether oxygens (including phenoxy) is 1. The Morgan fingerprint density at radius 1 is 1.15 bits per heavy atom. The second kappa shape index (κ2) is 7.58. The van der Waals surface area contributed by atoms with Crippen LogP contribution >= 0.6 is 11.6 Å². The van der Waals surface area contributed by atoms with Crippen LogP contribution in [-0.2, 0) is 9.53 Å². The van der Waals surface area contributed by atoms with Gasteiger partial charge in [0.25, 0.3) is 11.7 Å². The third kappa shape index (κ3) is 3.63. The molecular formula is C20H20ClN3O3. The predicted molar refractivity (Wildman–Crippen MR) is 104 cm³/mol. The van der Waals surface area contributed by atoms with Crippen molar-refractivity contribution in [2.24, 2.45) is 0 Å². The number of fused-ring (bicyclic) bond motifs is 1.